The van der Waals surface area contributed by atoms with Gasteiger partial charge in [-0.1, -0.05) is 0 Å². The van der Waals surface area contributed by atoms with Gasteiger partial charge < -0.3 is 25.4 Å². The summed E-state index contributed by atoms with van der Waals surface area (Å²) in [6.07, 6.45) is -4.64. The van der Waals surface area contributed by atoms with Crippen LogP contribution in [0.5, 0.6) is 5.75 Å². The fraction of sp³-hybridized carbons (Fsp3) is 0.529. The number of hydrogen-bond donors (Lipinski definition) is 3. The van der Waals surface area contributed by atoms with E-state index in [4.69, 9.17) is 9.47 Å². The molecule has 0 saturated carbocycles. The molecular formula is C17H21F3N4O4. The molecular weight excluding hydrogens is 381 g/mol. The number of halogens is 3. The molecule has 1 aromatic carbocycles. The van der Waals surface area contributed by atoms with Crippen molar-refractivity contribution in [1.29, 1.82) is 0 Å². The first kappa shape index (κ1) is 20.2. The number of carbonyl (C=O) groups excluding carboxylic acids is 2. The Balaban J connectivity index is 1.69. The molecule has 1 atom stereocenters. The van der Waals surface area contributed by atoms with E-state index in [9.17, 15) is 22.8 Å². The summed E-state index contributed by atoms with van der Waals surface area (Å²) in [6, 6.07) is 0.930. The summed E-state index contributed by atoms with van der Waals surface area (Å²) >= 11 is 0. The smallest absolute Gasteiger partial charge is 0.416 e. The number of benzene rings is 1. The molecule has 3 rings (SSSR count). The summed E-state index contributed by atoms with van der Waals surface area (Å²) in [6.45, 7) is 4.65. The maximum absolute atomic E-state index is 13.1. The molecule has 0 aromatic heterocycles. The molecule has 0 bridgehead atoms. The molecule has 2 aliphatic heterocycles. The van der Waals surface area contributed by atoms with Gasteiger partial charge in [0.05, 0.1) is 30.2 Å². The van der Waals surface area contributed by atoms with Crippen LogP contribution in [0, 0.1) is 0 Å². The molecule has 0 radical (unpaired) electrons. The zero-order chi connectivity index (χ0) is 20.3. The third kappa shape index (κ3) is 4.84. The number of urea groups is 1. The second-order valence-electron chi connectivity index (χ2n) is 6.57. The van der Waals surface area contributed by atoms with Crippen molar-refractivity contribution in [2.75, 3.05) is 50.1 Å². The van der Waals surface area contributed by atoms with E-state index in [0.29, 0.717) is 19.8 Å². The first-order chi connectivity index (χ1) is 13.2. The number of alkyl halides is 3. The lowest BCUT2D eigenvalue weighted by molar-refractivity contribution is -0.137. The van der Waals surface area contributed by atoms with Crippen LogP contribution in [0.3, 0.4) is 0 Å². The molecule has 0 aliphatic carbocycles. The Kier molecular flexibility index (Phi) is 5.94. The number of hydrogen-bond acceptors (Lipinski definition) is 5. The van der Waals surface area contributed by atoms with E-state index in [1.54, 1.807) is 0 Å². The molecule has 8 nitrogen and oxygen atoms in total. The highest BCUT2D eigenvalue weighted by molar-refractivity contribution is 6.00. The highest BCUT2D eigenvalue weighted by Gasteiger charge is 2.34. The van der Waals surface area contributed by atoms with Crippen LogP contribution in [-0.2, 0) is 15.7 Å². The summed E-state index contributed by atoms with van der Waals surface area (Å²) < 4.78 is 49.9. The minimum atomic E-state index is -4.64. The maximum Gasteiger partial charge on any atom is 0.416 e. The van der Waals surface area contributed by atoms with Crippen LogP contribution in [0.25, 0.3) is 0 Å². The van der Waals surface area contributed by atoms with Gasteiger partial charge in [-0.15, -0.1) is 0 Å². The average molecular weight is 402 g/mol. The Bertz CT molecular complexity index is 751. The highest BCUT2D eigenvalue weighted by atomic mass is 19.4. The molecule has 3 N–H and O–H groups in total. The Morgan fingerprint density at radius 2 is 2.04 bits per heavy atom. The van der Waals surface area contributed by atoms with Gasteiger partial charge in [0, 0.05) is 25.7 Å². The zero-order valence-corrected chi connectivity index (χ0v) is 15.2. The largest absolute Gasteiger partial charge is 0.479 e. The van der Waals surface area contributed by atoms with Gasteiger partial charge >= 0.3 is 12.2 Å². The van der Waals surface area contributed by atoms with Gasteiger partial charge in [-0.3, -0.25) is 9.69 Å². The number of carbonyl (C=O) groups is 2. The Hall–Kier alpha value is -2.53. The third-order valence-corrected chi connectivity index (χ3v) is 4.51. The van der Waals surface area contributed by atoms with Crippen LogP contribution >= 0.6 is 0 Å². The van der Waals surface area contributed by atoms with Crippen LogP contribution in [0.1, 0.15) is 12.5 Å². The third-order valence-electron chi connectivity index (χ3n) is 4.51. The Morgan fingerprint density at radius 1 is 1.32 bits per heavy atom. The van der Waals surface area contributed by atoms with Crippen molar-refractivity contribution < 1.29 is 32.2 Å². The van der Waals surface area contributed by atoms with Gasteiger partial charge in [0.1, 0.15) is 0 Å². The van der Waals surface area contributed by atoms with Crippen LogP contribution in [0.2, 0.25) is 0 Å². The van der Waals surface area contributed by atoms with Crippen LogP contribution in [0.4, 0.5) is 29.3 Å². The standard InChI is InChI=1S/C17H21F3N4O4/c1-10(24-2-4-27-5-3-24)8-21-16(26)23-13-7-11(17(18,19)20)6-12-15(13)28-9-14(25)22-12/h6-7,10H,2-5,8-9H2,1H3,(H,22,25)(H2,21,23,26). The summed E-state index contributed by atoms with van der Waals surface area (Å²) in [5.41, 5.74) is -1.31. The second kappa shape index (κ2) is 8.23. The number of nitrogens with zero attached hydrogens (tertiary/aromatic N) is 1. The highest BCUT2D eigenvalue weighted by Crippen LogP contribution is 2.41. The zero-order valence-electron chi connectivity index (χ0n) is 15.2. The molecule has 1 aromatic rings. The lowest BCUT2D eigenvalue weighted by Gasteiger charge is -2.32. The summed E-state index contributed by atoms with van der Waals surface area (Å²) in [5.74, 6) is -0.578. The van der Waals surface area contributed by atoms with E-state index >= 15 is 0 Å². The second-order valence-corrected chi connectivity index (χ2v) is 6.57. The number of anilines is 2. The molecule has 0 spiro atoms. The van der Waals surface area contributed by atoms with E-state index in [2.05, 4.69) is 20.9 Å². The van der Waals surface area contributed by atoms with Crippen molar-refractivity contribution in [1.82, 2.24) is 10.2 Å². The quantitative estimate of drug-likeness (QED) is 0.715. The van der Waals surface area contributed by atoms with Gasteiger partial charge in [0.2, 0.25) is 0 Å². The fourth-order valence-corrected chi connectivity index (χ4v) is 3.01. The van der Waals surface area contributed by atoms with Gasteiger partial charge in [0.15, 0.2) is 12.4 Å². The van der Waals surface area contributed by atoms with Gasteiger partial charge in [-0.2, -0.15) is 13.2 Å². The van der Waals surface area contributed by atoms with Crippen LogP contribution in [0.15, 0.2) is 12.1 Å². The minimum absolute atomic E-state index is 0.0102. The average Bonchev–Trinajstić information content (AvgIpc) is 2.65. The molecule has 1 unspecified atom stereocenters. The molecule has 11 heteroatoms. The predicted octanol–water partition coefficient (Wildman–Crippen LogP) is 1.88. The number of ether oxygens (including phenoxy) is 2. The van der Waals surface area contributed by atoms with Crippen LogP contribution < -0.4 is 20.7 Å². The van der Waals surface area contributed by atoms with Gasteiger partial charge in [0.25, 0.3) is 5.91 Å². The molecule has 1 saturated heterocycles. The SMILES string of the molecule is CC(CNC(=O)Nc1cc(C(F)(F)F)cc2c1OCC(=O)N2)N1CCOCC1. The molecule has 28 heavy (non-hydrogen) atoms. The number of morpholine rings is 1. The molecule has 3 amide bonds. The molecule has 2 heterocycles. The topological polar surface area (TPSA) is 91.9 Å². The first-order valence-corrected chi connectivity index (χ1v) is 8.78. The van der Waals surface area contributed by atoms with Crippen molar-refractivity contribution in [3.05, 3.63) is 17.7 Å². The van der Waals surface area contributed by atoms with Crippen molar-refractivity contribution in [3.8, 4) is 5.75 Å². The number of amides is 3. The fourth-order valence-electron chi connectivity index (χ4n) is 3.01. The predicted molar refractivity (Wildman–Crippen MR) is 94.4 cm³/mol. The van der Waals surface area contributed by atoms with E-state index in [1.165, 1.54) is 0 Å². The summed E-state index contributed by atoms with van der Waals surface area (Å²) in [5, 5.41) is 7.36. The van der Waals surface area contributed by atoms with E-state index < -0.39 is 23.7 Å². The van der Waals surface area contributed by atoms with Gasteiger partial charge in [-0.05, 0) is 19.1 Å². The molecule has 2 aliphatic rings. The monoisotopic (exact) mass is 402 g/mol. The normalized spacial score (nSPS) is 18.5. The maximum atomic E-state index is 13.1. The summed E-state index contributed by atoms with van der Waals surface area (Å²) in [4.78, 5) is 25.8. The Labute approximate surface area is 159 Å². The van der Waals surface area contributed by atoms with Crippen molar-refractivity contribution in [2.24, 2.45) is 0 Å². The number of fused-ring (bicyclic) bond motifs is 1. The van der Waals surface area contributed by atoms with Gasteiger partial charge in [-0.25, -0.2) is 4.79 Å². The molecule has 154 valence electrons. The van der Waals surface area contributed by atoms with E-state index in [0.717, 1.165) is 25.2 Å². The van der Waals surface area contributed by atoms with Crippen molar-refractivity contribution >= 4 is 23.3 Å². The number of nitrogens with one attached hydrogen (secondary N) is 3. The first-order valence-electron chi connectivity index (χ1n) is 8.78. The van der Waals surface area contributed by atoms with Crippen LogP contribution in [-0.4, -0.2) is 62.3 Å². The summed E-state index contributed by atoms with van der Waals surface area (Å²) in [7, 11) is 0. The van der Waals surface area contributed by atoms with Crippen molar-refractivity contribution in [3.63, 3.8) is 0 Å². The van der Waals surface area contributed by atoms with E-state index in [-0.39, 0.29) is 29.8 Å². The minimum Gasteiger partial charge on any atom is -0.479 e. The molecule has 1 fully saturated rings. The Morgan fingerprint density at radius 3 is 2.71 bits per heavy atom. The lowest BCUT2D eigenvalue weighted by Crippen LogP contribution is -2.47. The number of rotatable bonds is 4. The van der Waals surface area contributed by atoms with E-state index in [1.807, 2.05) is 6.92 Å². The van der Waals surface area contributed by atoms with Crippen molar-refractivity contribution in [2.45, 2.75) is 19.1 Å². The lowest BCUT2D eigenvalue weighted by atomic mass is 10.1.